The third-order valence-corrected chi connectivity index (χ3v) is 3.39. The standard InChI is InChI=1S/C17H20N2O2/c1-16(2,3)12-7-11(10(8-18)9-19)13(17(4,5)6)15(21)14(12)20/h7,10H,1-6H3. The van der Waals surface area contributed by atoms with Gasteiger partial charge >= 0.3 is 0 Å². The molecule has 0 bridgehead atoms. The highest BCUT2D eigenvalue weighted by Gasteiger charge is 2.41. The minimum Gasteiger partial charge on any atom is -0.285 e. The fourth-order valence-electron chi connectivity index (χ4n) is 2.39. The number of allylic oxidation sites excluding steroid dienone is 4. The monoisotopic (exact) mass is 284 g/mol. The summed E-state index contributed by atoms with van der Waals surface area (Å²) in [7, 11) is 0. The highest BCUT2D eigenvalue weighted by Crippen LogP contribution is 2.40. The van der Waals surface area contributed by atoms with Gasteiger partial charge in [0.1, 0.15) is 0 Å². The molecule has 0 radical (unpaired) electrons. The minimum absolute atomic E-state index is 0.272. The predicted octanol–water partition coefficient (Wildman–Crippen LogP) is 3.12. The Kier molecular flexibility index (Phi) is 4.25. The lowest BCUT2D eigenvalue weighted by Crippen LogP contribution is -2.35. The SMILES string of the molecule is CC(C)(C)C1=CC(C(C#N)C#N)=C(C(C)(C)C)C(=O)C1=O. The molecule has 0 aromatic heterocycles. The molecule has 0 heterocycles. The molecule has 0 N–H and O–H groups in total. The summed E-state index contributed by atoms with van der Waals surface area (Å²) in [4.78, 5) is 24.9. The topological polar surface area (TPSA) is 81.7 Å². The maximum absolute atomic E-state index is 12.5. The molecule has 0 aromatic carbocycles. The van der Waals surface area contributed by atoms with Crippen LogP contribution in [0.5, 0.6) is 0 Å². The molecular formula is C17H20N2O2. The number of Topliss-reactive ketones (excluding diaryl/α,β-unsaturated/α-hetero) is 2. The number of rotatable bonds is 1. The molecule has 1 aliphatic carbocycles. The molecule has 0 aliphatic heterocycles. The lowest BCUT2D eigenvalue weighted by Gasteiger charge is -2.31. The van der Waals surface area contributed by atoms with Gasteiger partial charge in [0, 0.05) is 11.1 Å². The van der Waals surface area contributed by atoms with Crippen molar-refractivity contribution in [2.75, 3.05) is 0 Å². The van der Waals surface area contributed by atoms with Crippen LogP contribution >= 0.6 is 0 Å². The number of hydrogen-bond donors (Lipinski definition) is 0. The van der Waals surface area contributed by atoms with Gasteiger partial charge < -0.3 is 0 Å². The summed E-state index contributed by atoms with van der Waals surface area (Å²) in [6.45, 7) is 10.9. The van der Waals surface area contributed by atoms with Crippen molar-refractivity contribution in [3.8, 4) is 12.1 Å². The van der Waals surface area contributed by atoms with Crippen molar-refractivity contribution in [1.29, 1.82) is 10.5 Å². The molecule has 0 saturated carbocycles. The quantitative estimate of drug-likeness (QED) is 0.547. The second-order valence-corrected chi connectivity index (χ2v) is 7.24. The summed E-state index contributed by atoms with van der Waals surface area (Å²) in [6, 6.07) is 3.81. The van der Waals surface area contributed by atoms with Crippen LogP contribution in [0.15, 0.2) is 22.8 Å². The summed E-state index contributed by atoms with van der Waals surface area (Å²) in [5, 5.41) is 18.3. The van der Waals surface area contributed by atoms with Crippen molar-refractivity contribution in [2.24, 2.45) is 16.7 Å². The van der Waals surface area contributed by atoms with Crippen LogP contribution in [0.25, 0.3) is 0 Å². The van der Waals surface area contributed by atoms with Gasteiger partial charge in [-0.15, -0.1) is 0 Å². The van der Waals surface area contributed by atoms with Crippen LogP contribution in [-0.4, -0.2) is 11.6 Å². The number of hydrogen-bond acceptors (Lipinski definition) is 4. The smallest absolute Gasteiger partial charge is 0.230 e. The van der Waals surface area contributed by atoms with Crippen molar-refractivity contribution in [3.05, 3.63) is 22.8 Å². The fourth-order valence-corrected chi connectivity index (χ4v) is 2.39. The van der Waals surface area contributed by atoms with Crippen molar-refractivity contribution in [3.63, 3.8) is 0 Å². The van der Waals surface area contributed by atoms with E-state index in [0.717, 1.165) is 0 Å². The number of carbonyl (C=O) groups is 2. The maximum atomic E-state index is 12.5. The van der Waals surface area contributed by atoms with E-state index in [4.69, 9.17) is 0 Å². The average Bonchev–Trinajstić information content (AvgIpc) is 2.31. The molecule has 1 rings (SSSR count). The number of nitrogens with zero attached hydrogens (tertiary/aromatic N) is 2. The zero-order valence-corrected chi connectivity index (χ0v) is 13.4. The Morgan fingerprint density at radius 1 is 0.905 bits per heavy atom. The van der Waals surface area contributed by atoms with E-state index >= 15 is 0 Å². The van der Waals surface area contributed by atoms with Gasteiger partial charge in [0.2, 0.25) is 11.6 Å². The first-order chi connectivity index (χ1) is 9.45. The lowest BCUT2D eigenvalue weighted by molar-refractivity contribution is -0.133. The van der Waals surface area contributed by atoms with Crippen molar-refractivity contribution in [2.45, 2.75) is 41.5 Å². The van der Waals surface area contributed by atoms with E-state index in [0.29, 0.717) is 11.1 Å². The van der Waals surface area contributed by atoms with E-state index in [-0.39, 0.29) is 5.57 Å². The van der Waals surface area contributed by atoms with Crippen LogP contribution < -0.4 is 0 Å². The Morgan fingerprint density at radius 2 is 1.38 bits per heavy atom. The highest BCUT2D eigenvalue weighted by molar-refractivity contribution is 6.50. The van der Waals surface area contributed by atoms with Crippen LogP contribution in [0.1, 0.15) is 41.5 Å². The Hall–Kier alpha value is -2.20. The molecule has 0 fully saturated rings. The van der Waals surface area contributed by atoms with E-state index in [9.17, 15) is 20.1 Å². The molecule has 4 nitrogen and oxygen atoms in total. The third-order valence-electron chi connectivity index (χ3n) is 3.39. The average molecular weight is 284 g/mol. The normalized spacial score (nSPS) is 16.7. The van der Waals surface area contributed by atoms with Gasteiger partial charge in [0.05, 0.1) is 12.1 Å². The number of nitriles is 2. The van der Waals surface area contributed by atoms with Crippen LogP contribution in [0.2, 0.25) is 0 Å². The predicted molar refractivity (Wildman–Crippen MR) is 78.7 cm³/mol. The lowest BCUT2D eigenvalue weighted by atomic mass is 9.69. The van der Waals surface area contributed by atoms with Gasteiger partial charge in [-0.2, -0.15) is 10.5 Å². The molecule has 0 unspecified atom stereocenters. The molecular weight excluding hydrogens is 264 g/mol. The summed E-state index contributed by atoms with van der Waals surface area (Å²) >= 11 is 0. The van der Waals surface area contributed by atoms with E-state index < -0.39 is 28.3 Å². The molecule has 0 atom stereocenters. The van der Waals surface area contributed by atoms with Crippen molar-refractivity contribution >= 4 is 11.6 Å². The molecule has 0 saturated heterocycles. The van der Waals surface area contributed by atoms with Gasteiger partial charge in [-0.1, -0.05) is 41.5 Å². The van der Waals surface area contributed by atoms with Gasteiger partial charge in [0.25, 0.3) is 0 Å². The zero-order valence-electron chi connectivity index (χ0n) is 13.4. The fraction of sp³-hybridized carbons (Fsp3) is 0.529. The minimum atomic E-state index is -1.05. The van der Waals surface area contributed by atoms with Crippen LogP contribution in [0.3, 0.4) is 0 Å². The van der Waals surface area contributed by atoms with Gasteiger partial charge in [-0.05, 0) is 22.5 Å². The van der Waals surface area contributed by atoms with Crippen molar-refractivity contribution < 1.29 is 9.59 Å². The molecule has 0 amide bonds. The van der Waals surface area contributed by atoms with E-state index in [2.05, 4.69) is 0 Å². The molecule has 0 aromatic rings. The summed E-state index contributed by atoms with van der Waals surface area (Å²) in [6.07, 6.45) is 1.57. The maximum Gasteiger partial charge on any atom is 0.230 e. The van der Waals surface area contributed by atoms with Crippen LogP contribution in [0, 0.1) is 39.4 Å². The van der Waals surface area contributed by atoms with Crippen LogP contribution in [-0.2, 0) is 9.59 Å². The van der Waals surface area contributed by atoms with E-state index in [1.165, 1.54) is 0 Å². The molecule has 110 valence electrons. The van der Waals surface area contributed by atoms with Gasteiger partial charge in [-0.3, -0.25) is 9.59 Å². The van der Waals surface area contributed by atoms with E-state index in [1.807, 2.05) is 32.9 Å². The first-order valence-corrected chi connectivity index (χ1v) is 6.80. The van der Waals surface area contributed by atoms with E-state index in [1.54, 1.807) is 26.8 Å². The van der Waals surface area contributed by atoms with Gasteiger partial charge in [0.15, 0.2) is 5.92 Å². The Labute approximate surface area is 125 Å². The number of ketones is 2. The Morgan fingerprint density at radius 3 is 1.71 bits per heavy atom. The zero-order chi connectivity index (χ0) is 16.6. The Balaban J connectivity index is 3.75. The largest absolute Gasteiger partial charge is 0.285 e. The Bertz CT molecular complexity index is 624. The summed E-state index contributed by atoms with van der Waals surface area (Å²) in [5.41, 5.74) is -0.133. The van der Waals surface area contributed by atoms with Gasteiger partial charge in [-0.25, -0.2) is 0 Å². The number of carbonyl (C=O) groups excluding carboxylic acids is 2. The highest BCUT2D eigenvalue weighted by atomic mass is 16.2. The van der Waals surface area contributed by atoms with Crippen molar-refractivity contribution in [1.82, 2.24) is 0 Å². The second-order valence-electron chi connectivity index (χ2n) is 7.24. The summed E-state index contributed by atoms with van der Waals surface area (Å²) in [5.74, 6) is -2.18. The first kappa shape index (κ1) is 16.9. The second kappa shape index (κ2) is 5.30. The third kappa shape index (κ3) is 3.11. The molecule has 4 heteroatoms. The molecule has 0 spiro atoms. The van der Waals surface area contributed by atoms with Crippen LogP contribution in [0.4, 0.5) is 0 Å². The molecule has 1 aliphatic rings. The summed E-state index contributed by atoms with van der Waals surface area (Å²) < 4.78 is 0. The first-order valence-electron chi connectivity index (χ1n) is 6.80. The molecule has 21 heavy (non-hydrogen) atoms.